The Kier molecular flexibility index (Phi) is 5.21. The highest BCUT2D eigenvalue weighted by atomic mass is 35.5. The maximum atomic E-state index is 12.8. The third-order valence-electron chi connectivity index (χ3n) is 4.14. The quantitative estimate of drug-likeness (QED) is 0.793. The third-order valence-corrected chi connectivity index (χ3v) is 5.24. The zero-order valence-corrected chi connectivity index (χ0v) is 14.5. The van der Waals surface area contributed by atoms with E-state index in [4.69, 9.17) is 23.2 Å². The van der Waals surface area contributed by atoms with E-state index in [1.165, 1.54) is 17.0 Å². The summed E-state index contributed by atoms with van der Waals surface area (Å²) in [5.41, 5.74) is -0.0487. The zero-order chi connectivity index (χ0) is 17.3. The Morgan fingerprint density at radius 1 is 1.30 bits per heavy atom. The molecule has 1 aliphatic carbocycles. The highest BCUT2D eigenvalue weighted by molar-refractivity contribution is 6.53. The number of carbonyl (C=O) groups excluding carboxylic acids is 2. The molecular weight excluding hydrogens is 342 g/mol. The summed E-state index contributed by atoms with van der Waals surface area (Å²) in [7, 11) is 0. The molecule has 1 aromatic carbocycles. The predicted molar refractivity (Wildman–Crippen MR) is 87.7 cm³/mol. The minimum absolute atomic E-state index is 0.0595. The molecule has 0 heterocycles. The molecule has 2 amide bonds. The van der Waals surface area contributed by atoms with Gasteiger partial charge in [-0.2, -0.15) is 0 Å². The Balaban J connectivity index is 1.88. The highest BCUT2D eigenvalue weighted by Gasteiger charge is 2.68. The lowest BCUT2D eigenvalue weighted by atomic mass is 10.1. The Morgan fingerprint density at radius 3 is 2.35 bits per heavy atom. The standard InChI is InChI=1S/C16H19Cl2FN2O2/c1-3-21(14(23)15(2)10-16(15,17)18)9-13(22)20-8-11-4-6-12(19)7-5-11/h4-7H,3,8-10H2,1-2H3,(H,20,22). The van der Waals surface area contributed by atoms with Crippen molar-refractivity contribution in [3.05, 3.63) is 35.6 Å². The molecule has 0 saturated heterocycles. The predicted octanol–water partition coefficient (Wildman–Crippen LogP) is 2.87. The lowest BCUT2D eigenvalue weighted by molar-refractivity contribution is -0.140. The van der Waals surface area contributed by atoms with Gasteiger partial charge in [0.15, 0.2) is 0 Å². The summed E-state index contributed by atoms with van der Waals surface area (Å²) in [4.78, 5) is 25.9. The molecule has 1 fully saturated rings. The molecule has 1 unspecified atom stereocenters. The normalized spacial score (nSPS) is 21.6. The second kappa shape index (κ2) is 6.65. The van der Waals surface area contributed by atoms with E-state index in [0.717, 1.165) is 5.56 Å². The number of carbonyl (C=O) groups is 2. The van der Waals surface area contributed by atoms with E-state index in [9.17, 15) is 14.0 Å². The molecule has 2 rings (SSSR count). The Labute approximate surface area is 144 Å². The smallest absolute Gasteiger partial charge is 0.239 e. The third kappa shape index (κ3) is 3.96. The van der Waals surface area contributed by atoms with Crippen molar-refractivity contribution in [3.8, 4) is 0 Å². The molecule has 23 heavy (non-hydrogen) atoms. The van der Waals surface area contributed by atoms with Gasteiger partial charge in [0.2, 0.25) is 11.8 Å². The molecule has 0 radical (unpaired) electrons. The molecule has 7 heteroatoms. The first kappa shape index (κ1) is 18.0. The molecule has 0 aromatic heterocycles. The van der Waals surface area contributed by atoms with Gasteiger partial charge in [-0.05, 0) is 38.0 Å². The molecule has 1 atom stereocenters. The van der Waals surface area contributed by atoms with Crippen molar-refractivity contribution >= 4 is 35.0 Å². The number of amides is 2. The fraction of sp³-hybridized carbons (Fsp3) is 0.500. The molecule has 126 valence electrons. The van der Waals surface area contributed by atoms with Crippen LogP contribution < -0.4 is 5.32 Å². The highest BCUT2D eigenvalue weighted by Crippen LogP contribution is 2.64. The number of hydrogen-bond acceptors (Lipinski definition) is 2. The minimum Gasteiger partial charge on any atom is -0.350 e. The van der Waals surface area contributed by atoms with Crippen LogP contribution in [-0.4, -0.2) is 34.1 Å². The van der Waals surface area contributed by atoms with Crippen LogP contribution in [-0.2, 0) is 16.1 Å². The summed E-state index contributed by atoms with van der Waals surface area (Å²) in [6.45, 7) is 4.10. The maximum Gasteiger partial charge on any atom is 0.239 e. The zero-order valence-electron chi connectivity index (χ0n) is 13.0. The fourth-order valence-corrected chi connectivity index (χ4v) is 3.04. The van der Waals surface area contributed by atoms with Gasteiger partial charge in [-0.25, -0.2) is 4.39 Å². The number of nitrogens with zero attached hydrogens (tertiary/aromatic N) is 1. The topological polar surface area (TPSA) is 49.4 Å². The van der Waals surface area contributed by atoms with Crippen molar-refractivity contribution in [1.29, 1.82) is 0 Å². The van der Waals surface area contributed by atoms with Crippen molar-refractivity contribution in [1.82, 2.24) is 10.2 Å². The van der Waals surface area contributed by atoms with E-state index in [-0.39, 0.29) is 30.7 Å². The van der Waals surface area contributed by atoms with Crippen LogP contribution in [0.3, 0.4) is 0 Å². The molecule has 1 N–H and O–H groups in total. The molecule has 0 spiro atoms. The largest absolute Gasteiger partial charge is 0.350 e. The first-order valence-corrected chi connectivity index (χ1v) is 8.13. The van der Waals surface area contributed by atoms with Gasteiger partial charge < -0.3 is 10.2 Å². The van der Waals surface area contributed by atoms with Crippen LogP contribution in [0.1, 0.15) is 25.8 Å². The van der Waals surface area contributed by atoms with Gasteiger partial charge in [-0.3, -0.25) is 9.59 Å². The van der Waals surface area contributed by atoms with Crippen molar-refractivity contribution in [2.75, 3.05) is 13.1 Å². The van der Waals surface area contributed by atoms with E-state index in [0.29, 0.717) is 13.0 Å². The van der Waals surface area contributed by atoms with Crippen molar-refractivity contribution < 1.29 is 14.0 Å². The molecule has 1 saturated carbocycles. The summed E-state index contributed by atoms with van der Waals surface area (Å²) in [6, 6.07) is 5.85. The van der Waals surface area contributed by atoms with E-state index in [2.05, 4.69) is 5.32 Å². The second-order valence-corrected chi connectivity index (χ2v) is 7.42. The maximum absolute atomic E-state index is 12.8. The van der Waals surface area contributed by atoms with Gasteiger partial charge in [0.05, 0.1) is 12.0 Å². The Morgan fingerprint density at radius 2 is 1.87 bits per heavy atom. The summed E-state index contributed by atoms with van der Waals surface area (Å²) in [5.74, 6) is -0.836. The fourth-order valence-electron chi connectivity index (χ4n) is 2.34. The molecule has 1 aliphatic rings. The number of halogens is 3. The summed E-state index contributed by atoms with van der Waals surface area (Å²) in [6.07, 6.45) is 0.385. The van der Waals surface area contributed by atoms with Crippen LogP contribution in [0.5, 0.6) is 0 Å². The number of rotatable bonds is 6. The van der Waals surface area contributed by atoms with Gasteiger partial charge in [-0.15, -0.1) is 23.2 Å². The SMILES string of the molecule is CCN(CC(=O)NCc1ccc(F)cc1)C(=O)C1(C)CC1(Cl)Cl. The number of likely N-dealkylation sites (N-methyl/N-ethyl adjacent to an activating group) is 1. The lowest BCUT2D eigenvalue weighted by Gasteiger charge is -2.24. The van der Waals surface area contributed by atoms with Gasteiger partial charge in [0, 0.05) is 13.1 Å². The average molecular weight is 361 g/mol. The van der Waals surface area contributed by atoms with Crippen molar-refractivity contribution in [3.63, 3.8) is 0 Å². The second-order valence-electron chi connectivity index (χ2n) is 5.94. The summed E-state index contributed by atoms with van der Waals surface area (Å²) < 4.78 is 11.8. The van der Waals surface area contributed by atoms with Gasteiger partial charge >= 0.3 is 0 Å². The van der Waals surface area contributed by atoms with E-state index in [1.807, 2.05) is 0 Å². The van der Waals surface area contributed by atoms with E-state index < -0.39 is 9.75 Å². The average Bonchev–Trinajstić information content (AvgIpc) is 3.03. The van der Waals surface area contributed by atoms with Gasteiger partial charge in [0.25, 0.3) is 0 Å². The van der Waals surface area contributed by atoms with Crippen molar-refractivity contribution in [2.45, 2.75) is 31.1 Å². The van der Waals surface area contributed by atoms with E-state index >= 15 is 0 Å². The molecule has 0 aliphatic heterocycles. The summed E-state index contributed by atoms with van der Waals surface area (Å²) in [5, 5.41) is 2.71. The van der Waals surface area contributed by atoms with Crippen LogP contribution in [0.4, 0.5) is 4.39 Å². The lowest BCUT2D eigenvalue weighted by Crippen LogP contribution is -2.44. The number of hydrogen-bond donors (Lipinski definition) is 1. The van der Waals surface area contributed by atoms with Crippen molar-refractivity contribution in [2.24, 2.45) is 5.41 Å². The van der Waals surface area contributed by atoms with Crippen LogP contribution >= 0.6 is 23.2 Å². The Bertz CT molecular complexity index is 607. The van der Waals surface area contributed by atoms with Crippen LogP contribution in [0.15, 0.2) is 24.3 Å². The number of benzene rings is 1. The van der Waals surface area contributed by atoms with Crippen LogP contribution in [0.25, 0.3) is 0 Å². The first-order valence-electron chi connectivity index (χ1n) is 7.38. The first-order chi connectivity index (χ1) is 10.7. The van der Waals surface area contributed by atoms with E-state index in [1.54, 1.807) is 26.0 Å². The minimum atomic E-state index is -1.05. The molecule has 0 bridgehead atoms. The monoisotopic (exact) mass is 360 g/mol. The number of nitrogens with one attached hydrogen (secondary N) is 1. The van der Waals surface area contributed by atoms with Crippen LogP contribution in [0, 0.1) is 11.2 Å². The molecule has 1 aromatic rings. The van der Waals surface area contributed by atoms with Gasteiger partial charge in [-0.1, -0.05) is 12.1 Å². The van der Waals surface area contributed by atoms with Gasteiger partial charge in [0.1, 0.15) is 10.2 Å². The Hall–Kier alpha value is -1.33. The van der Waals surface area contributed by atoms with Crippen LogP contribution in [0.2, 0.25) is 0 Å². The number of alkyl halides is 2. The molecular formula is C16H19Cl2FN2O2. The summed E-state index contributed by atoms with van der Waals surface area (Å²) >= 11 is 12.0. The molecule has 4 nitrogen and oxygen atoms in total.